The normalized spacial score (nSPS) is 12.6. The molecule has 0 radical (unpaired) electrons. The van der Waals surface area contributed by atoms with Gasteiger partial charge in [0, 0.05) is 57.4 Å². The fourth-order valence-electron chi connectivity index (χ4n) is 7.72. The van der Waals surface area contributed by atoms with Gasteiger partial charge in [-0.25, -0.2) is 4.79 Å². The average Bonchev–Trinajstić information content (AvgIpc) is 3.42. The topological polar surface area (TPSA) is 69.9 Å². The first kappa shape index (κ1) is 36.6. The molecule has 0 saturated carbocycles. The van der Waals surface area contributed by atoms with Gasteiger partial charge in [0.15, 0.2) is 5.78 Å². The van der Waals surface area contributed by atoms with Crippen LogP contribution < -0.4 is 4.74 Å². The smallest absolute Gasteiger partial charge is 0.332 e. The summed E-state index contributed by atoms with van der Waals surface area (Å²) in [5.41, 5.74) is 8.73. The van der Waals surface area contributed by atoms with Crippen molar-refractivity contribution in [2.75, 3.05) is 0 Å². The summed E-state index contributed by atoms with van der Waals surface area (Å²) in [4.78, 5) is 32.1. The van der Waals surface area contributed by atoms with E-state index in [0.717, 1.165) is 91.8 Å². The summed E-state index contributed by atoms with van der Waals surface area (Å²) in [7, 11) is 0. The van der Waals surface area contributed by atoms with Gasteiger partial charge in [-0.3, -0.25) is 4.79 Å². The number of oxime groups is 1. The zero-order chi connectivity index (χ0) is 37.1. The molecule has 0 saturated heterocycles. The summed E-state index contributed by atoms with van der Waals surface area (Å²) >= 11 is 0. The highest BCUT2D eigenvalue weighted by atomic mass is 16.7. The van der Waals surface area contributed by atoms with Gasteiger partial charge in [-0.05, 0) is 93.8 Å². The number of aromatic nitrogens is 1. The molecule has 0 aliphatic rings. The number of nitrogens with zero attached hydrogens (tertiary/aromatic N) is 2. The molecule has 0 spiro atoms. The largest absolute Gasteiger partial charge is 0.490 e. The van der Waals surface area contributed by atoms with Crippen LogP contribution in [0.2, 0.25) is 0 Å². The Balaban J connectivity index is 1.67. The quantitative estimate of drug-likeness (QED) is 0.0522. The van der Waals surface area contributed by atoms with Gasteiger partial charge >= 0.3 is 5.97 Å². The zero-order valence-electron chi connectivity index (χ0n) is 31.8. The zero-order valence-corrected chi connectivity index (χ0v) is 31.8. The minimum atomic E-state index is -0.508. The average molecular weight is 695 g/mol. The Kier molecular flexibility index (Phi) is 10.9. The van der Waals surface area contributed by atoms with Crippen LogP contribution in [-0.4, -0.2) is 28.1 Å². The highest BCUT2D eigenvalue weighted by Crippen LogP contribution is 2.39. The first-order chi connectivity index (χ1) is 25.0. The van der Waals surface area contributed by atoms with Crippen LogP contribution in [0.15, 0.2) is 90.1 Å². The van der Waals surface area contributed by atoms with Crippen molar-refractivity contribution in [1.29, 1.82) is 0 Å². The molecule has 1 heterocycles. The lowest BCUT2D eigenvalue weighted by molar-refractivity contribution is -0.140. The van der Waals surface area contributed by atoms with Gasteiger partial charge in [-0.15, -0.1) is 0 Å². The van der Waals surface area contributed by atoms with Crippen molar-refractivity contribution in [1.82, 2.24) is 4.57 Å². The van der Waals surface area contributed by atoms with E-state index in [-0.39, 0.29) is 11.9 Å². The number of hydrogen-bond donors (Lipinski definition) is 0. The first-order valence-corrected chi connectivity index (χ1v) is 18.6. The SMILES string of the molecule is CCCCC(CC)Cn1c2ccc(/C(=N\OC(C)=O)c3ccccc3OC(C)C)cc2c2cc(C(=O)c3c(C)cc(C)cc3C)c3ccccc3c21. The van der Waals surface area contributed by atoms with E-state index in [9.17, 15) is 9.59 Å². The number of benzene rings is 5. The van der Waals surface area contributed by atoms with E-state index >= 15 is 0 Å². The van der Waals surface area contributed by atoms with Gasteiger partial charge in [-0.1, -0.05) is 98.4 Å². The number of ether oxygens (including phenoxy) is 1. The number of hydrogen-bond acceptors (Lipinski definition) is 5. The molecular formula is C46H50N2O4. The van der Waals surface area contributed by atoms with Crippen LogP contribution in [0.25, 0.3) is 32.6 Å². The van der Waals surface area contributed by atoms with Crippen LogP contribution >= 0.6 is 0 Å². The van der Waals surface area contributed by atoms with Gasteiger partial charge in [0.1, 0.15) is 11.5 Å². The second kappa shape index (κ2) is 15.6. The molecule has 1 aromatic heterocycles. The highest BCUT2D eigenvalue weighted by Gasteiger charge is 2.24. The molecule has 0 amide bonds. The summed E-state index contributed by atoms with van der Waals surface area (Å²) in [5, 5.41) is 8.42. The number of fused-ring (bicyclic) bond motifs is 5. The minimum Gasteiger partial charge on any atom is -0.490 e. The number of ketones is 1. The first-order valence-electron chi connectivity index (χ1n) is 18.6. The number of rotatable bonds is 13. The predicted octanol–water partition coefficient (Wildman–Crippen LogP) is 11.4. The third kappa shape index (κ3) is 7.25. The molecule has 1 unspecified atom stereocenters. The van der Waals surface area contributed by atoms with E-state index in [1.54, 1.807) is 0 Å². The maximum atomic E-state index is 14.7. The molecule has 52 heavy (non-hydrogen) atoms. The second-order valence-electron chi connectivity index (χ2n) is 14.4. The molecule has 0 fully saturated rings. The van der Waals surface area contributed by atoms with Crippen molar-refractivity contribution in [2.45, 2.75) is 93.7 Å². The Labute approximate surface area is 307 Å². The molecule has 6 aromatic rings. The summed E-state index contributed by atoms with van der Waals surface area (Å²) in [6.07, 6.45) is 4.50. The van der Waals surface area contributed by atoms with Crippen molar-refractivity contribution in [3.63, 3.8) is 0 Å². The molecule has 6 rings (SSSR count). The van der Waals surface area contributed by atoms with E-state index in [2.05, 4.69) is 79.0 Å². The third-order valence-electron chi connectivity index (χ3n) is 10.0. The van der Waals surface area contributed by atoms with E-state index in [1.807, 2.05) is 64.1 Å². The Morgan fingerprint density at radius 2 is 1.48 bits per heavy atom. The fourth-order valence-corrected chi connectivity index (χ4v) is 7.72. The Hall–Kier alpha value is -5.23. The number of para-hydroxylation sites is 1. The standard InChI is InChI=1S/C46H50N2O4/c1-9-11-16-33(10-2)27-48-41-22-21-34(44(47-52-32(8)49)37-19-14-15-20-42(37)51-28(3)4)25-38(41)39-26-40(35-17-12-13-18-36(35)45(39)48)46(50)43-30(6)23-29(5)24-31(43)7/h12-15,17-26,28,33H,9-11,16,27H2,1-8H3/b47-44+. The molecule has 5 aromatic carbocycles. The van der Waals surface area contributed by atoms with Crippen molar-refractivity contribution in [3.8, 4) is 5.75 Å². The van der Waals surface area contributed by atoms with E-state index in [1.165, 1.54) is 13.3 Å². The Bertz CT molecular complexity index is 2300. The fraction of sp³-hybridized carbons (Fsp3) is 0.326. The third-order valence-corrected chi connectivity index (χ3v) is 10.0. The number of carbonyl (C=O) groups excluding carboxylic acids is 2. The molecule has 0 N–H and O–H groups in total. The molecule has 0 aliphatic heterocycles. The van der Waals surface area contributed by atoms with Gasteiger partial charge < -0.3 is 14.1 Å². The van der Waals surface area contributed by atoms with E-state index < -0.39 is 5.97 Å². The number of carbonyl (C=O) groups is 2. The molecule has 1 atom stereocenters. The molecule has 0 aliphatic carbocycles. The van der Waals surface area contributed by atoms with E-state index in [4.69, 9.17) is 9.57 Å². The summed E-state index contributed by atoms with van der Waals surface area (Å²) in [5.74, 6) is 0.663. The summed E-state index contributed by atoms with van der Waals surface area (Å²) in [6, 6.07) is 28.6. The Morgan fingerprint density at radius 1 is 0.788 bits per heavy atom. The lowest BCUT2D eigenvalue weighted by atomic mass is 9.89. The van der Waals surface area contributed by atoms with E-state index in [0.29, 0.717) is 22.9 Å². The lowest BCUT2D eigenvalue weighted by Crippen LogP contribution is -2.12. The second-order valence-corrected chi connectivity index (χ2v) is 14.4. The van der Waals surface area contributed by atoms with Gasteiger partial charge in [-0.2, -0.15) is 0 Å². The van der Waals surface area contributed by atoms with Crippen LogP contribution in [-0.2, 0) is 16.2 Å². The van der Waals surface area contributed by atoms with Crippen molar-refractivity contribution >= 4 is 50.0 Å². The predicted molar refractivity (Wildman–Crippen MR) is 214 cm³/mol. The summed E-state index contributed by atoms with van der Waals surface area (Å²) in [6.45, 7) is 16.8. The van der Waals surface area contributed by atoms with Crippen molar-refractivity contribution in [3.05, 3.63) is 124 Å². The van der Waals surface area contributed by atoms with Crippen molar-refractivity contribution in [2.24, 2.45) is 11.1 Å². The van der Waals surface area contributed by atoms with Gasteiger partial charge in [0.2, 0.25) is 0 Å². The van der Waals surface area contributed by atoms with Crippen LogP contribution in [0.5, 0.6) is 5.75 Å². The Morgan fingerprint density at radius 3 is 2.15 bits per heavy atom. The van der Waals surface area contributed by atoms with Gasteiger partial charge in [0.05, 0.1) is 11.6 Å². The minimum absolute atomic E-state index is 0.0245. The van der Waals surface area contributed by atoms with Crippen LogP contribution in [0.1, 0.15) is 104 Å². The maximum Gasteiger partial charge on any atom is 0.332 e. The number of aryl methyl sites for hydroxylation is 3. The van der Waals surface area contributed by atoms with Crippen LogP contribution in [0.4, 0.5) is 0 Å². The van der Waals surface area contributed by atoms with Gasteiger partial charge in [0.25, 0.3) is 0 Å². The maximum absolute atomic E-state index is 14.7. The van der Waals surface area contributed by atoms with Crippen molar-refractivity contribution < 1.29 is 19.2 Å². The highest BCUT2D eigenvalue weighted by molar-refractivity contribution is 6.27. The molecule has 268 valence electrons. The molecule has 0 bridgehead atoms. The van der Waals surface area contributed by atoms with Crippen LogP contribution in [0.3, 0.4) is 0 Å². The molecule has 6 heteroatoms. The number of unbranched alkanes of at least 4 members (excludes halogenated alkanes) is 1. The monoisotopic (exact) mass is 694 g/mol. The van der Waals surface area contributed by atoms with Crippen LogP contribution in [0, 0.1) is 26.7 Å². The lowest BCUT2D eigenvalue weighted by Gasteiger charge is -2.19. The molecular weight excluding hydrogens is 645 g/mol. The summed E-state index contributed by atoms with van der Waals surface area (Å²) < 4.78 is 8.67. The molecule has 6 nitrogen and oxygen atoms in total.